The monoisotopic (exact) mass is 412 g/mol. The van der Waals surface area contributed by atoms with Crippen LogP contribution in [0, 0.1) is 5.82 Å². The molecule has 0 radical (unpaired) electrons. The molecule has 7 nitrogen and oxygen atoms in total. The van der Waals surface area contributed by atoms with Crippen LogP contribution in [-0.4, -0.2) is 34.5 Å². The minimum Gasteiger partial charge on any atom is -0.482 e. The van der Waals surface area contributed by atoms with Crippen molar-refractivity contribution in [2.24, 2.45) is 7.05 Å². The Morgan fingerprint density at radius 2 is 2.14 bits per heavy atom. The second kappa shape index (κ2) is 7.96. The van der Waals surface area contributed by atoms with E-state index < -0.39 is 11.7 Å². The summed E-state index contributed by atoms with van der Waals surface area (Å²) in [6.07, 6.45) is 3.46. The zero-order valence-corrected chi connectivity index (χ0v) is 16.3. The Morgan fingerprint density at radius 1 is 1.31 bits per heavy atom. The van der Waals surface area contributed by atoms with Crippen LogP contribution in [0.2, 0.25) is 0 Å². The highest BCUT2D eigenvalue weighted by Crippen LogP contribution is 2.34. The molecule has 29 heavy (non-hydrogen) atoms. The molecule has 2 amide bonds. The first-order valence-corrected chi connectivity index (χ1v) is 9.59. The van der Waals surface area contributed by atoms with Crippen molar-refractivity contribution in [1.29, 1.82) is 0 Å². The Hall–Kier alpha value is -3.33. The van der Waals surface area contributed by atoms with Crippen LogP contribution in [-0.2, 0) is 16.6 Å². The van der Waals surface area contributed by atoms with Crippen molar-refractivity contribution in [2.45, 2.75) is 10.1 Å². The molecule has 1 aromatic heterocycles. The van der Waals surface area contributed by atoms with Crippen molar-refractivity contribution in [3.63, 3.8) is 0 Å². The van der Waals surface area contributed by atoms with Gasteiger partial charge in [-0.25, -0.2) is 9.37 Å². The van der Waals surface area contributed by atoms with Gasteiger partial charge in [-0.3, -0.25) is 14.5 Å². The van der Waals surface area contributed by atoms with Crippen LogP contribution in [0.5, 0.6) is 5.75 Å². The Balaban J connectivity index is 1.54. The minimum atomic E-state index is -0.475. The molecule has 0 spiro atoms. The molecular weight excluding hydrogens is 395 g/mol. The molecule has 2 aromatic carbocycles. The number of carbonyl (C=O) groups excluding carboxylic acids is 2. The SMILES string of the molecule is Cn1ccnc1Sc1ccc(F)cc1NC(=O)CN1C(=O)COc2ccccc21. The molecule has 148 valence electrons. The number of hydrogen-bond acceptors (Lipinski definition) is 5. The van der Waals surface area contributed by atoms with E-state index in [0.29, 0.717) is 27.2 Å². The van der Waals surface area contributed by atoms with Crippen LogP contribution in [0.15, 0.2) is 64.9 Å². The number of carbonyl (C=O) groups is 2. The van der Waals surface area contributed by atoms with Crippen LogP contribution in [0.3, 0.4) is 0 Å². The van der Waals surface area contributed by atoms with Crippen LogP contribution in [0.4, 0.5) is 15.8 Å². The van der Waals surface area contributed by atoms with Gasteiger partial charge in [-0.2, -0.15) is 0 Å². The Labute approximate surface area is 170 Å². The molecule has 0 aliphatic carbocycles. The lowest BCUT2D eigenvalue weighted by Crippen LogP contribution is -2.43. The first kappa shape index (κ1) is 19.0. The molecule has 0 saturated carbocycles. The van der Waals surface area contributed by atoms with Crippen LogP contribution >= 0.6 is 11.8 Å². The Morgan fingerprint density at radius 3 is 2.93 bits per heavy atom. The highest BCUT2D eigenvalue weighted by molar-refractivity contribution is 7.99. The summed E-state index contributed by atoms with van der Waals surface area (Å²) in [6.45, 7) is -0.341. The summed E-state index contributed by atoms with van der Waals surface area (Å²) in [6, 6.07) is 11.2. The summed E-state index contributed by atoms with van der Waals surface area (Å²) < 4.78 is 21.0. The minimum absolute atomic E-state index is 0.134. The van der Waals surface area contributed by atoms with E-state index in [1.807, 2.05) is 11.6 Å². The highest BCUT2D eigenvalue weighted by Gasteiger charge is 2.27. The van der Waals surface area contributed by atoms with E-state index in [1.54, 1.807) is 42.7 Å². The molecule has 1 aliphatic rings. The largest absolute Gasteiger partial charge is 0.482 e. The van der Waals surface area contributed by atoms with E-state index >= 15 is 0 Å². The molecular formula is C20H17FN4O3S. The van der Waals surface area contributed by atoms with Gasteiger partial charge < -0.3 is 14.6 Å². The zero-order chi connectivity index (χ0) is 20.4. The number of ether oxygens (including phenoxy) is 1. The van der Waals surface area contributed by atoms with E-state index in [-0.39, 0.29) is 19.1 Å². The maximum absolute atomic E-state index is 13.8. The quantitative estimate of drug-likeness (QED) is 0.697. The molecule has 0 fully saturated rings. The van der Waals surface area contributed by atoms with Crippen molar-refractivity contribution in [3.8, 4) is 5.75 Å². The zero-order valence-electron chi connectivity index (χ0n) is 15.5. The normalized spacial score (nSPS) is 13.0. The maximum atomic E-state index is 13.8. The average Bonchev–Trinajstić information content (AvgIpc) is 3.11. The molecule has 3 aromatic rings. The fourth-order valence-corrected chi connectivity index (χ4v) is 3.77. The van der Waals surface area contributed by atoms with E-state index in [9.17, 15) is 14.0 Å². The third-order valence-corrected chi connectivity index (χ3v) is 5.46. The van der Waals surface area contributed by atoms with Crippen molar-refractivity contribution in [2.75, 3.05) is 23.4 Å². The molecule has 0 unspecified atom stereocenters. The average molecular weight is 412 g/mol. The van der Waals surface area contributed by atoms with Gasteiger partial charge in [-0.1, -0.05) is 12.1 Å². The number of rotatable bonds is 5. The summed E-state index contributed by atoms with van der Waals surface area (Å²) in [4.78, 5) is 31.2. The van der Waals surface area contributed by atoms with Crippen LogP contribution in [0.1, 0.15) is 0 Å². The topological polar surface area (TPSA) is 76.5 Å². The lowest BCUT2D eigenvalue weighted by atomic mass is 10.2. The summed E-state index contributed by atoms with van der Waals surface area (Å²) in [7, 11) is 1.85. The standard InChI is InChI=1S/C20H17FN4O3S/c1-24-9-8-22-20(24)29-17-7-6-13(21)10-14(17)23-18(26)11-25-15-4-2-3-5-16(15)28-12-19(25)27/h2-10H,11-12H2,1H3,(H,23,26). The third kappa shape index (κ3) is 4.09. The first-order valence-electron chi connectivity index (χ1n) is 8.78. The number of halogens is 1. The Kier molecular flexibility index (Phi) is 5.22. The lowest BCUT2D eigenvalue weighted by Gasteiger charge is -2.28. The number of aromatic nitrogens is 2. The van der Waals surface area contributed by atoms with Crippen molar-refractivity contribution >= 4 is 35.0 Å². The van der Waals surface area contributed by atoms with Gasteiger partial charge >= 0.3 is 0 Å². The number of para-hydroxylation sites is 2. The van der Waals surface area contributed by atoms with Gasteiger partial charge in [0.15, 0.2) is 11.8 Å². The fraction of sp³-hybridized carbons (Fsp3) is 0.150. The van der Waals surface area contributed by atoms with E-state index in [0.717, 1.165) is 0 Å². The number of hydrogen-bond donors (Lipinski definition) is 1. The van der Waals surface area contributed by atoms with E-state index in [4.69, 9.17) is 4.74 Å². The number of nitrogens with one attached hydrogen (secondary N) is 1. The number of benzene rings is 2. The molecule has 0 atom stereocenters. The second-order valence-corrected chi connectivity index (χ2v) is 7.36. The predicted octanol–water partition coefficient (Wildman–Crippen LogP) is 3.07. The van der Waals surface area contributed by atoms with Gasteiger partial charge in [0.2, 0.25) is 5.91 Å². The Bertz CT molecular complexity index is 1090. The number of anilines is 2. The van der Waals surface area contributed by atoms with Crippen molar-refractivity contribution in [1.82, 2.24) is 9.55 Å². The summed E-state index contributed by atoms with van der Waals surface area (Å²) in [5.74, 6) is -0.697. The summed E-state index contributed by atoms with van der Waals surface area (Å²) in [5.41, 5.74) is 0.845. The van der Waals surface area contributed by atoms with Gasteiger partial charge in [-0.05, 0) is 42.1 Å². The molecule has 0 saturated heterocycles. The smallest absolute Gasteiger partial charge is 0.265 e. The highest BCUT2D eigenvalue weighted by atomic mass is 32.2. The van der Waals surface area contributed by atoms with Crippen molar-refractivity contribution < 1.29 is 18.7 Å². The number of fused-ring (bicyclic) bond motifs is 1. The van der Waals surface area contributed by atoms with Gasteiger partial charge in [0, 0.05) is 24.3 Å². The molecule has 9 heteroatoms. The number of imidazole rings is 1. The molecule has 1 aliphatic heterocycles. The van der Waals surface area contributed by atoms with Crippen molar-refractivity contribution in [3.05, 3.63) is 60.7 Å². The van der Waals surface area contributed by atoms with Crippen LogP contribution in [0.25, 0.3) is 0 Å². The summed E-state index contributed by atoms with van der Waals surface area (Å²) >= 11 is 1.30. The molecule has 0 bridgehead atoms. The van der Waals surface area contributed by atoms with Gasteiger partial charge in [-0.15, -0.1) is 0 Å². The third-order valence-electron chi connectivity index (χ3n) is 4.30. The lowest BCUT2D eigenvalue weighted by molar-refractivity contribution is -0.123. The fourth-order valence-electron chi connectivity index (χ4n) is 2.90. The number of aryl methyl sites for hydroxylation is 1. The predicted molar refractivity (Wildman–Crippen MR) is 107 cm³/mol. The molecule has 1 N–H and O–H groups in total. The van der Waals surface area contributed by atoms with Crippen LogP contribution < -0.4 is 15.0 Å². The van der Waals surface area contributed by atoms with Gasteiger partial charge in [0.25, 0.3) is 5.91 Å². The van der Waals surface area contributed by atoms with E-state index in [1.165, 1.54) is 28.8 Å². The number of amides is 2. The van der Waals surface area contributed by atoms with E-state index in [2.05, 4.69) is 10.3 Å². The number of nitrogens with zero attached hydrogens (tertiary/aromatic N) is 3. The first-order chi connectivity index (χ1) is 14.0. The van der Waals surface area contributed by atoms with Gasteiger partial charge in [0.1, 0.15) is 18.1 Å². The molecule has 4 rings (SSSR count). The summed E-state index contributed by atoms with van der Waals surface area (Å²) in [5, 5.41) is 3.41. The maximum Gasteiger partial charge on any atom is 0.265 e. The van der Waals surface area contributed by atoms with Gasteiger partial charge in [0.05, 0.1) is 11.4 Å². The molecule has 2 heterocycles. The second-order valence-electron chi connectivity index (χ2n) is 6.35.